The smallest absolute Gasteiger partial charge is 0.457 e. The fraction of sp³-hybridized carbons (Fsp3) is 0.703. The molecule has 0 bridgehead atoms. The lowest BCUT2D eigenvalue weighted by molar-refractivity contribution is -0.870. The molecule has 0 radical (unpaired) electrons. The second kappa shape index (κ2) is 30.5. The molecule has 0 aliphatic heterocycles. The molecule has 0 aliphatic carbocycles. The third-order valence-corrected chi connectivity index (χ3v) is 7.83. The summed E-state index contributed by atoms with van der Waals surface area (Å²) < 4.78 is 34.2. The van der Waals surface area contributed by atoms with Crippen molar-refractivity contribution in [3.05, 3.63) is 60.8 Å². The molecule has 0 rings (SSSR count). The number of nitrogens with zero attached hydrogens (tertiary/aromatic N) is 1. The Hall–Kier alpha value is -1.80. The number of esters is 1. The van der Waals surface area contributed by atoms with Crippen molar-refractivity contribution in [2.75, 3.05) is 54.1 Å². The van der Waals surface area contributed by atoms with Gasteiger partial charge in [-0.3, -0.25) is 13.8 Å². The number of hydrogen-bond donors (Lipinski definition) is 1. The Kier molecular flexibility index (Phi) is 29.3. The van der Waals surface area contributed by atoms with Crippen molar-refractivity contribution in [3.8, 4) is 0 Å². The van der Waals surface area contributed by atoms with E-state index in [1.54, 1.807) is 0 Å². The number of quaternary nitrogens is 1. The molecule has 2 unspecified atom stereocenters. The summed E-state index contributed by atoms with van der Waals surface area (Å²) in [6.45, 7) is 5.19. The van der Waals surface area contributed by atoms with Gasteiger partial charge >= 0.3 is 13.8 Å². The molecule has 2 atom stereocenters. The van der Waals surface area contributed by atoms with Crippen LogP contribution in [0, 0.1) is 0 Å². The van der Waals surface area contributed by atoms with Crippen LogP contribution in [0.5, 0.6) is 0 Å². The van der Waals surface area contributed by atoms with Crippen LogP contribution in [0.1, 0.15) is 110 Å². The normalized spacial score (nSPS) is 14.8. The van der Waals surface area contributed by atoms with E-state index < -0.39 is 13.9 Å². The van der Waals surface area contributed by atoms with Gasteiger partial charge in [0.1, 0.15) is 19.3 Å². The average molecular weight is 669 g/mol. The molecule has 0 heterocycles. The highest BCUT2D eigenvalue weighted by Gasteiger charge is 2.26. The highest BCUT2D eigenvalue weighted by Crippen LogP contribution is 2.43. The zero-order valence-electron chi connectivity index (χ0n) is 29.8. The number of hydrogen-bond acceptors (Lipinski definition) is 6. The summed E-state index contributed by atoms with van der Waals surface area (Å²) in [6.07, 6.45) is 36.4. The van der Waals surface area contributed by atoms with E-state index in [-0.39, 0.29) is 25.8 Å². The summed E-state index contributed by atoms with van der Waals surface area (Å²) in [5, 5.41) is 0. The molecule has 0 amide bonds. The van der Waals surface area contributed by atoms with Crippen molar-refractivity contribution in [2.45, 2.75) is 116 Å². The Morgan fingerprint density at radius 3 is 1.80 bits per heavy atom. The number of phosphoric acid groups is 1. The lowest BCUT2D eigenvalue weighted by atomic mass is 10.1. The van der Waals surface area contributed by atoms with Gasteiger partial charge < -0.3 is 18.9 Å². The molecule has 0 saturated carbocycles. The number of allylic oxidation sites excluding steroid dienone is 10. The van der Waals surface area contributed by atoms with Crippen molar-refractivity contribution in [3.63, 3.8) is 0 Å². The first-order valence-electron chi connectivity index (χ1n) is 17.5. The van der Waals surface area contributed by atoms with Crippen LogP contribution in [0.4, 0.5) is 0 Å². The number of likely N-dealkylation sites (N-methyl/N-ethyl adjacent to an activating group) is 1. The van der Waals surface area contributed by atoms with Gasteiger partial charge in [0.05, 0.1) is 34.4 Å². The third kappa shape index (κ3) is 33.6. The first-order chi connectivity index (χ1) is 22.1. The molecule has 46 heavy (non-hydrogen) atoms. The van der Waals surface area contributed by atoms with Crippen molar-refractivity contribution in [1.82, 2.24) is 0 Å². The summed E-state index contributed by atoms with van der Waals surface area (Å²) in [5.41, 5.74) is 0. The SMILES string of the molecule is CC/C=C\C/C=C\C/C=C\C/C=C\C/C=C\CCCCCCCCOCC(COP(=O)(O)OCC[N+](C)(C)C)OC(=O)CCCC. The minimum atomic E-state index is -4.25. The molecule has 0 fully saturated rings. The number of carbonyl (C=O) groups is 1. The molecule has 0 aromatic heterocycles. The number of ether oxygens (including phenoxy) is 2. The van der Waals surface area contributed by atoms with Gasteiger partial charge in [-0.15, -0.1) is 0 Å². The molecule has 1 N–H and O–H groups in total. The largest absolute Gasteiger partial charge is 0.472 e. The molecule has 8 nitrogen and oxygen atoms in total. The summed E-state index contributed by atoms with van der Waals surface area (Å²) >= 11 is 0. The van der Waals surface area contributed by atoms with Crippen molar-refractivity contribution >= 4 is 13.8 Å². The highest BCUT2D eigenvalue weighted by molar-refractivity contribution is 7.47. The second-order valence-electron chi connectivity index (χ2n) is 12.5. The molecular weight excluding hydrogens is 601 g/mol. The third-order valence-electron chi connectivity index (χ3n) is 6.84. The van der Waals surface area contributed by atoms with E-state index in [9.17, 15) is 14.3 Å². The van der Waals surface area contributed by atoms with Gasteiger partial charge in [-0.25, -0.2) is 4.57 Å². The minimum Gasteiger partial charge on any atom is -0.457 e. The van der Waals surface area contributed by atoms with E-state index in [2.05, 4.69) is 67.7 Å². The molecule has 0 aromatic carbocycles. The summed E-state index contributed by atoms with van der Waals surface area (Å²) in [4.78, 5) is 22.2. The molecule has 0 saturated heterocycles. The van der Waals surface area contributed by atoms with E-state index >= 15 is 0 Å². The van der Waals surface area contributed by atoms with Crippen molar-refractivity contribution < 1.29 is 37.3 Å². The van der Waals surface area contributed by atoms with Gasteiger partial charge in [0.25, 0.3) is 0 Å². The van der Waals surface area contributed by atoms with Crippen LogP contribution in [-0.2, 0) is 27.9 Å². The van der Waals surface area contributed by atoms with Gasteiger partial charge in [0.2, 0.25) is 0 Å². The summed E-state index contributed by atoms with van der Waals surface area (Å²) in [5.74, 6) is -0.359. The van der Waals surface area contributed by atoms with Crippen LogP contribution in [0.3, 0.4) is 0 Å². The second-order valence-corrected chi connectivity index (χ2v) is 14.0. The Labute approximate surface area is 281 Å². The molecule has 0 aliphatic rings. The first-order valence-corrected chi connectivity index (χ1v) is 19.0. The van der Waals surface area contributed by atoms with Gasteiger partial charge in [-0.2, -0.15) is 0 Å². The van der Waals surface area contributed by atoms with Crippen LogP contribution >= 0.6 is 7.82 Å². The van der Waals surface area contributed by atoms with E-state index in [1.165, 1.54) is 19.3 Å². The predicted octanol–water partition coefficient (Wildman–Crippen LogP) is 9.43. The lowest BCUT2D eigenvalue weighted by Gasteiger charge is -2.24. The van der Waals surface area contributed by atoms with E-state index in [0.29, 0.717) is 24.1 Å². The number of phosphoric ester groups is 1. The van der Waals surface area contributed by atoms with Gasteiger partial charge in [0, 0.05) is 13.0 Å². The number of carbonyl (C=O) groups excluding carboxylic acids is 1. The van der Waals surface area contributed by atoms with Crippen LogP contribution in [0.15, 0.2) is 60.8 Å². The van der Waals surface area contributed by atoms with Gasteiger partial charge in [0.15, 0.2) is 0 Å². The molecule has 0 aromatic rings. The summed E-state index contributed by atoms with van der Waals surface area (Å²) in [6, 6.07) is 0. The van der Waals surface area contributed by atoms with Gasteiger partial charge in [-0.1, -0.05) is 107 Å². The standard InChI is InChI=1S/C37H66NO7P/c1-6-8-10-11-12-13-14-15-16-17-18-19-20-21-22-23-24-25-26-27-28-29-32-42-34-36(45-37(39)30-9-7-2)35-44-46(40,41)43-33-31-38(3,4)5/h8,10,12-13,15-16,18-19,21-22,36H,6-7,9,11,14,17,20,23-35H2,1-5H3/p+1/b10-8-,13-12-,16-15-,19-18-,22-21-. The Morgan fingerprint density at radius 2 is 1.24 bits per heavy atom. The molecule has 9 heteroatoms. The maximum Gasteiger partial charge on any atom is 0.472 e. The molecular formula is C37H67NO7P+. The molecule has 0 spiro atoms. The van der Waals surface area contributed by atoms with E-state index in [0.717, 1.165) is 70.6 Å². The predicted molar refractivity (Wildman–Crippen MR) is 192 cm³/mol. The first kappa shape index (κ1) is 44.2. The Bertz CT molecular complexity index is 921. The zero-order chi connectivity index (χ0) is 34.2. The van der Waals surface area contributed by atoms with Crippen molar-refractivity contribution in [2.24, 2.45) is 0 Å². The lowest BCUT2D eigenvalue weighted by Crippen LogP contribution is -2.37. The average Bonchev–Trinajstić information content (AvgIpc) is 3.00. The zero-order valence-corrected chi connectivity index (χ0v) is 30.7. The van der Waals surface area contributed by atoms with Crippen LogP contribution in [0.25, 0.3) is 0 Å². The highest BCUT2D eigenvalue weighted by atomic mass is 31.2. The minimum absolute atomic E-state index is 0.0815. The topological polar surface area (TPSA) is 91.3 Å². The fourth-order valence-electron chi connectivity index (χ4n) is 4.08. The molecule has 266 valence electrons. The quantitative estimate of drug-likeness (QED) is 0.0259. The fourth-order valence-corrected chi connectivity index (χ4v) is 4.83. The van der Waals surface area contributed by atoms with Crippen LogP contribution in [0.2, 0.25) is 0 Å². The summed E-state index contributed by atoms with van der Waals surface area (Å²) in [7, 11) is 1.64. The van der Waals surface area contributed by atoms with Crippen LogP contribution < -0.4 is 0 Å². The number of rotatable bonds is 31. The van der Waals surface area contributed by atoms with Crippen molar-refractivity contribution in [1.29, 1.82) is 0 Å². The number of unbranched alkanes of at least 4 members (excludes halogenated alkanes) is 7. The Balaban J connectivity index is 3.98. The van der Waals surface area contributed by atoms with Crippen LogP contribution in [-0.4, -0.2) is 75.6 Å². The van der Waals surface area contributed by atoms with E-state index in [4.69, 9.17) is 18.5 Å². The monoisotopic (exact) mass is 668 g/mol. The Morgan fingerprint density at radius 1 is 0.696 bits per heavy atom. The van der Waals surface area contributed by atoms with E-state index in [1.807, 2.05) is 28.1 Å². The van der Waals surface area contributed by atoms with Gasteiger partial charge in [-0.05, 0) is 57.8 Å². The maximum absolute atomic E-state index is 12.3. The maximum atomic E-state index is 12.3.